The van der Waals surface area contributed by atoms with Gasteiger partial charge in [0.2, 0.25) is 10.0 Å². The summed E-state index contributed by atoms with van der Waals surface area (Å²) in [5.41, 5.74) is 0.164. The Hall–Kier alpha value is -2.03. The van der Waals surface area contributed by atoms with Gasteiger partial charge < -0.3 is 9.84 Å². The molecule has 0 saturated carbocycles. The molecule has 0 heterocycles. The van der Waals surface area contributed by atoms with E-state index in [1.165, 1.54) is 36.0 Å². The normalized spacial score (nSPS) is 11.2. The molecule has 0 amide bonds. The minimum atomic E-state index is -3.57. The van der Waals surface area contributed by atoms with Gasteiger partial charge in [0.15, 0.2) is 0 Å². The molecule has 2 aromatic rings. The Morgan fingerprint density at radius 2 is 1.75 bits per heavy atom. The maximum absolute atomic E-state index is 12.1. The molecule has 6 nitrogen and oxygen atoms in total. The fourth-order valence-corrected chi connectivity index (χ4v) is 3.30. The van der Waals surface area contributed by atoms with Crippen molar-refractivity contribution < 1.29 is 23.1 Å². The van der Waals surface area contributed by atoms with Gasteiger partial charge in [-0.05, 0) is 54.8 Å². The summed E-state index contributed by atoms with van der Waals surface area (Å²) in [5, 5.41) is 8.80. The van der Waals surface area contributed by atoms with E-state index in [0.717, 1.165) is 4.90 Å². The monoisotopic (exact) mass is 367 g/mol. The van der Waals surface area contributed by atoms with Crippen molar-refractivity contribution in [3.8, 4) is 5.75 Å². The molecule has 0 atom stereocenters. The number of aromatic carboxylic acids is 1. The molecule has 0 spiro atoms. The van der Waals surface area contributed by atoms with E-state index in [9.17, 15) is 13.2 Å². The quantitative estimate of drug-likeness (QED) is 0.550. The van der Waals surface area contributed by atoms with Gasteiger partial charge in [-0.1, -0.05) is 0 Å². The number of nitrogens with one attached hydrogen (secondary N) is 1. The van der Waals surface area contributed by atoms with E-state index in [2.05, 4.69) is 4.72 Å². The molecule has 2 rings (SSSR count). The van der Waals surface area contributed by atoms with Crippen molar-refractivity contribution in [1.82, 2.24) is 4.72 Å². The topological polar surface area (TPSA) is 92.7 Å². The Morgan fingerprint density at radius 1 is 1.12 bits per heavy atom. The lowest BCUT2D eigenvalue weighted by atomic mass is 10.2. The van der Waals surface area contributed by atoms with Crippen LogP contribution in [0.3, 0.4) is 0 Å². The van der Waals surface area contributed by atoms with Crippen LogP contribution in [0.4, 0.5) is 0 Å². The number of ether oxygens (including phenoxy) is 1. The highest BCUT2D eigenvalue weighted by molar-refractivity contribution is 7.98. The van der Waals surface area contributed by atoms with Gasteiger partial charge in [0, 0.05) is 11.4 Å². The second kappa shape index (κ2) is 8.18. The molecule has 0 aliphatic carbocycles. The lowest BCUT2D eigenvalue weighted by Gasteiger charge is -2.09. The highest BCUT2D eigenvalue weighted by atomic mass is 32.2. The molecular formula is C16H17NO5S2. The van der Waals surface area contributed by atoms with E-state index in [4.69, 9.17) is 9.84 Å². The van der Waals surface area contributed by atoms with Gasteiger partial charge in [-0.2, -0.15) is 0 Å². The lowest BCUT2D eigenvalue weighted by Crippen LogP contribution is -2.28. The summed E-state index contributed by atoms with van der Waals surface area (Å²) in [6, 6.07) is 12.5. The largest absolute Gasteiger partial charge is 0.492 e. The number of carbonyl (C=O) groups is 1. The van der Waals surface area contributed by atoms with Crippen LogP contribution in [0.15, 0.2) is 58.3 Å². The zero-order valence-corrected chi connectivity index (χ0v) is 14.6. The Balaban J connectivity index is 1.85. The maximum Gasteiger partial charge on any atom is 0.335 e. The van der Waals surface area contributed by atoms with E-state index in [1.54, 1.807) is 24.3 Å². The smallest absolute Gasteiger partial charge is 0.335 e. The fraction of sp³-hybridized carbons (Fsp3) is 0.188. The van der Waals surface area contributed by atoms with Gasteiger partial charge in [-0.15, -0.1) is 11.8 Å². The van der Waals surface area contributed by atoms with Crippen molar-refractivity contribution in [2.45, 2.75) is 9.79 Å². The summed E-state index contributed by atoms with van der Waals surface area (Å²) in [4.78, 5) is 11.9. The molecule has 0 aromatic heterocycles. The molecule has 128 valence electrons. The molecule has 0 radical (unpaired) electrons. The Kier molecular flexibility index (Phi) is 6.24. The first-order valence-corrected chi connectivity index (χ1v) is 9.73. The summed E-state index contributed by atoms with van der Waals surface area (Å²) in [6.45, 7) is 0.238. The minimum Gasteiger partial charge on any atom is -0.492 e. The molecule has 2 N–H and O–H groups in total. The molecule has 0 aliphatic rings. The van der Waals surface area contributed by atoms with Crippen LogP contribution in [0.1, 0.15) is 10.4 Å². The number of hydrogen-bond donors (Lipinski definition) is 2. The standard InChI is InChI=1S/C16H17NO5S2/c1-23-14-6-8-15(9-7-14)24(20,21)17-10-11-22-13-4-2-12(3-5-13)16(18)19/h2-9,17H,10-11H2,1H3,(H,18,19). The zero-order valence-electron chi connectivity index (χ0n) is 12.9. The number of thioether (sulfide) groups is 1. The van der Waals surface area contributed by atoms with Crippen LogP contribution in [-0.4, -0.2) is 38.9 Å². The molecular weight excluding hydrogens is 350 g/mol. The average molecular weight is 367 g/mol. The van der Waals surface area contributed by atoms with Gasteiger partial charge in [0.1, 0.15) is 12.4 Å². The van der Waals surface area contributed by atoms with Gasteiger partial charge in [0.05, 0.1) is 10.5 Å². The number of carboxylic acids is 1. The van der Waals surface area contributed by atoms with E-state index < -0.39 is 16.0 Å². The number of rotatable bonds is 8. The molecule has 0 fully saturated rings. The van der Waals surface area contributed by atoms with Gasteiger partial charge in [-0.25, -0.2) is 17.9 Å². The SMILES string of the molecule is CSc1ccc(S(=O)(=O)NCCOc2ccc(C(=O)O)cc2)cc1. The first kappa shape index (κ1) is 18.3. The maximum atomic E-state index is 12.1. The van der Waals surface area contributed by atoms with Crippen molar-refractivity contribution in [2.75, 3.05) is 19.4 Å². The molecule has 2 aromatic carbocycles. The number of carboxylic acid groups (broad SMARTS) is 1. The van der Waals surface area contributed by atoms with Gasteiger partial charge in [0.25, 0.3) is 0 Å². The highest BCUT2D eigenvalue weighted by Gasteiger charge is 2.13. The third kappa shape index (κ3) is 4.98. The molecule has 24 heavy (non-hydrogen) atoms. The molecule has 0 unspecified atom stereocenters. The van der Waals surface area contributed by atoms with E-state index in [0.29, 0.717) is 5.75 Å². The average Bonchev–Trinajstić information content (AvgIpc) is 2.59. The lowest BCUT2D eigenvalue weighted by molar-refractivity contribution is 0.0697. The summed E-state index contributed by atoms with van der Waals surface area (Å²) in [5.74, 6) is -0.537. The summed E-state index contributed by atoms with van der Waals surface area (Å²) in [6.07, 6.45) is 1.92. The molecule has 0 saturated heterocycles. The van der Waals surface area contributed by atoms with Crippen LogP contribution in [0.5, 0.6) is 5.75 Å². The van der Waals surface area contributed by atoms with Crippen LogP contribution in [-0.2, 0) is 10.0 Å². The Bertz CT molecular complexity index is 786. The number of hydrogen-bond acceptors (Lipinski definition) is 5. The third-order valence-electron chi connectivity index (χ3n) is 3.13. The number of benzene rings is 2. The molecule has 0 bridgehead atoms. The summed E-state index contributed by atoms with van der Waals surface area (Å²) in [7, 11) is -3.57. The Morgan fingerprint density at radius 3 is 2.29 bits per heavy atom. The predicted octanol–water partition coefficient (Wildman–Crippen LogP) is 2.46. The van der Waals surface area contributed by atoms with E-state index in [1.807, 2.05) is 6.26 Å². The Labute approximate surface area is 144 Å². The predicted molar refractivity (Wildman–Crippen MR) is 92.3 cm³/mol. The van der Waals surface area contributed by atoms with E-state index in [-0.39, 0.29) is 23.6 Å². The van der Waals surface area contributed by atoms with Crippen molar-refractivity contribution in [1.29, 1.82) is 0 Å². The second-order valence-corrected chi connectivity index (χ2v) is 7.40. The van der Waals surface area contributed by atoms with Crippen LogP contribution in [0.25, 0.3) is 0 Å². The van der Waals surface area contributed by atoms with Crippen molar-refractivity contribution >= 4 is 27.8 Å². The van der Waals surface area contributed by atoms with Gasteiger partial charge >= 0.3 is 5.97 Å². The third-order valence-corrected chi connectivity index (χ3v) is 5.35. The molecule has 8 heteroatoms. The zero-order chi connectivity index (χ0) is 17.6. The highest BCUT2D eigenvalue weighted by Crippen LogP contribution is 2.17. The number of sulfonamides is 1. The van der Waals surface area contributed by atoms with Crippen LogP contribution in [0.2, 0.25) is 0 Å². The van der Waals surface area contributed by atoms with Crippen LogP contribution >= 0.6 is 11.8 Å². The first-order chi connectivity index (χ1) is 11.4. The van der Waals surface area contributed by atoms with Crippen molar-refractivity contribution in [2.24, 2.45) is 0 Å². The minimum absolute atomic E-state index is 0.104. The van der Waals surface area contributed by atoms with Crippen LogP contribution < -0.4 is 9.46 Å². The van der Waals surface area contributed by atoms with Gasteiger partial charge in [-0.3, -0.25) is 0 Å². The first-order valence-electron chi connectivity index (χ1n) is 7.02. The van der Waals surface area contributed by atoms with E-state index >= 15 is 0 Å². The second-order valence-electron chi connectivity index (χ2n) is 4.75. The summed E-state index contributed by atoms with van der Waals surface area (Å²) < 4.78 is 32.1. The van der Waals surface area contributed by atoms with Crippen molar-refractivity contribution in [3.05, 3.63) is 54.1 Å². The summed E-state index contributed by atoms with van der Waals surface area (Å²) >= 11 is 1.54. The molecule has 0 aliphatic heterocycles. The van der Waals surface area contributed by atoms with Crippen LogP contribution in [0, 0.1) is 0 Å². The fourth-order valence-electron chi connectivity index (χ4n) is 1.88. The van der Waals surface area contributed by atoms with Crippen molar-refractivity contribution in [3.63, 3.8) is 0 Å².